The maximum atomic E-state index is 12.2. The maximum Gasteiger partial charge on any atom is 0.225 e. The van der Waals surface area contributed by atoms with Gasteiger partial charge in [-0.3, -0.25) is 4.79 Å². The number of nitrogens with zero attached hydrogens (tertiary/aromatic N) is 1. The zero-order chi connectivity index (χ0) is 10.7. The predicted octanol–water partition coefficient (Wildman–Crippen LogP) is 2.49. The van der Waals surface area contributed by atoms with Gasteiger partial charge in [-0.2, -0.15) is 12.6 Å². The fraction of sp³-hybridized carbons (Fsp3) is 0.917. The van der Waals surface area contributed by atoms with Crippen molar-refractivity contribution in [3.8, 4) is 0 Å². The average molecular weight is 227 g/mol. The monoisotopic (exact) mass is 227 g/mol. The first-order chi connectivity index (χ1) is 7.27. The van der Waals surface area contributed by atoms with Crippen molar-refractivity contribution in [1.82, 2.24) is 4.90 Å². The van der Waals surface area contributed by atoms with Crippen LogP contribution in [0.15, 0.2) is 0 Å². The van der Waals surface area contributed by atoms with Gasteiger partial charge in [0.25, 0.3) is 0 Å². The molecule has 2 nitrogen and oxygen atoms in total. The number of likely N-dealkylation sites (tertiary alicyclic amines) is 1. The second-order valence-electron chi connectivity index (χ2n) is 4.92. The van der Waals surface area contributed by atoms with Gasteiger partial charge < -0.3 is 4.90 Å². The molecule has 1 unspecified atom stereocenters. The summed E-state index contributed by atoms with van der Waals surface area (Å²) in [7, 11) is 0. The summed E-state index contributed by atoms with van der Waals surface area (Å²) >= 11 is 4.49. The Kier molecular flexibility index (Phi) is 3.95. The topological polar surface area (TPSA) is 20.3 Å². The second-order valence-corrected chi connectivity index (χ2v) is 5.65. The zero-order valence-corrected chi connectivity index (χ0v) is 10.2. The average Bonchev–Trinajstić information content (AvgIpc) is 2.29. The summed E-state index contributed by atoms with van der Waals surface area (Å²) in [5.41, 5.74) is 0. The van der Waals surface area contributed by atoms with Crippen LogP contribution in [0.3, 0.4) is 0 Å². The SMILES string of the molecule is O=C(C1CCCCC1)N1CCCC(S)C1. The summed E-state index contributed by atoms with van der Waals surface area (Å²) in [6, 6.07) is 0. The lowest BCUT2D eigenvalue weighted by Gasteiger charge is -2.34. The summed E-state index contributed by atoms with van der Waals surface area (Å²) < 4.78 is 0. The second kappa shape index (κ2) is 5.24. The van der Waals surface area contributed by atoms with E-state index in [2.05, 4.69) is 17.5 Å². The minimum atomic E-state index is 0.331. The van der Waals surface area contributed by atoms with Crippen molar-refractivity contribution in [3.63, 3.8) is 0 Å². The van der Waals surface area contributed by atoms with Gasteiger partial charge in [-0.1, -0.05) is 19.3 Å². The molecule has 2 rings (SSSR count). The molecule has 1 saturated carbocycles. The molecular weight excluding hydrogens is 206 g/mol. The number of amides is 1. The van der Waals surface area contributed by atoms with Crippen LogP contribution in [-0.2, 0) is 4.79 Å². The third-order valence-electron chi connectivity index (χ3n) is 3.66. The first kappa shape index (κ1) is 11.3. The third-order valence-corrected chi connectivity index (χ3v) is 4.08. The van der Waals surface area contributed by atoms with Crippen LogP contribution in [0.4, 0.5) is 0 Å². The Morgan fingerprint density at radius 1 is 1.07 bits per heavy atom. The number of hydrogen-bond donors (Lipinski definition) is 1. The molecule has 1 heterocycles. The molecule has 0 aromatic carbocycles. The third kappa shape index (κ3) is 2.90. The Labute approximate surface area is 97.8 Å². The molecule has 2 fully saturated rings. The van der Waals surface area contributed by atoms with E-state index >= 15 is 0 Å². The van der Waals surface area contributed by atoms with Gasteiger partial charge in [-0.05, 0) is 25.7 Å². The van der Waals surface area contributed by atoms with Crippen LogP contribution in [-0.4, -0.2) is 29.1 Å². The van der Waals surface area contributed by atoms with Gasteiger partial charge in [0.15, 0.2) is 0 Å². The molecule has 1 saturated heterocycles. The van der Waals surface area contributed by atoms with Gasteiger partial charge in [-0.15, -0.1) is 0 Å². The molecule has 0 aromatic rings. The highest BCUT2D eigenvalue weighted by Crippen LogP contribution is 2.27. The Balaban J connectivity index is 1.88. The summed E-state index contributed by atoms with van der Waals surface area (Å²) in [6.07, 6.45) is 8.34. The summed E-state index contributed by atoms with van der Waals surface area (Å²) in [4.78, 5) is 14.2. The van der Waals surface area contributed by atoms with Crippen molar-refractivity contribution in [2.45, 2.75) is 50.2 Å². The van der Waals surface area contributed by atoms with Gasteiger partial charge in [0.1, 0.15) is 0 Å². The Hall–Kier alpha value is -0.180. The first-order valence-electron chi connectivity index (χ1n) is 6.24. The molecule has 1 amide bonds. The van der Waals surface area contributed by atoms with Crippen LogP contribution in [0.25, 0.3) is 0 Å². The van der Waals surface area contributed by atoms with Crippen molar-refractivity contribution >= 4 is 18.5 Å². The molecule has 3 heteroatoms. The van der Waals surface area contributed by atoms with Crippen LogP contribution in [0.1, 0.15) is 44.9 Å². The molecule has 86 valence electrons. The van der Waals surface area contributed by atoms with Crippen molar-refractivity contribution in [3.05, 3.63) is 0 Å². The highest BCUT2D eigenvalue weighted by molar-refractivity contribution is 7.81. The van der Waals surface area contributed by atoms with E-state index in [0.717, 1.165) is 38.8 Å². The van der Waals surface area contributed by atoms with Gasteiger partial charge in [0, 0.05) is 24.3 Å². The molecule has 1 aliphatic heterocycles. The first-order valence-corrected chi connectivity index (χ1v) is 6.76. The Morgan fingerprint density at radius 2 is 1.80 bits per heavy atom. The Morgan fingerprint density at radius 3 is 2.47 bits per heavy atom. The van der Waals surface area contributed by atoms with Crippen molar-refractivity contribution in [1.29, 1.82) is 0 Å². The van der Waals surface area contributed by atoms with Crippen LogP contribution in [0.5, 0.6) is 0 Å². The normalized spacial score (nSPS) is 29.1. The highest BCUT2D eigenvalue weighted by atomic mass is 32.1. The summed E-state index contributed by atoms with van der Waals surface area (Å²) in [5.74, 6) is 0.742. The number of carbonyl (C=O) groups is 1. The quantitative estimate of drug-likeness (QED) is 0.682. The molecule has 1 atom stereocenters. The lowest BCUT2D eigenvalue weighted by atomic mass is 9.88. The molecular formula is C12H21NOS. The molecule has 0 bridgehead atoms. The zero-order valence-electron chi connectivity index (χ0n) is 9.32. The lowest BCUT2D eigenvalue weighted by Crippen LogP contribution is -2.43. The van der Waals surface area contributed by atoms with Crippen molar-refractivity contribution in [2.24, 2.45) is 5.92 Å². The van der Waals surface area contributed by atoms with Gasteiger partial charge >= 0.3 is 0 Å². The molecule has 1 aliphatic carbocycles. The van der Waals surface area contributed by atoms with E-state index < -0.39 is 0 Å². The number of hydrogen-bond acceptors (Lipinski definition) is 2. The van der Waals surface area contributed by atoms with Crippen LogP contribution in [0.2, 0.25) is 0 Å². The van der Waals surface area contributed by atoms with E-state index in [1.165, 1.54) is 19.3 Å². The number of rotatable bonds is 1. The fourth-order valence-corrected chi connectivity index (χ4v) is 3.14. The van der Waals surface area contributed by atoms with Crippen LogP contribution >= 0.6 is 12.6 Å². The molecule has 15 heavy (non-hydrogen) atoms. The number of carbonyl (C=O) groups excluding carboxylic acids is 1. The number of piperidine rings is 1. The van der Waals surface area contributed by atoms with Crippen molar-refractivity contribution < 1.29 is 4.79 Å². The maximum absolute atomic E-state index is 12.2. The minimum Gasteiger partial charge on any atom is -0.341 e. The minimum absolute atomic E-state index is 0.331. The highest BCUT2D eigenvalue weighted by Gasteiger charge is 2.28. The van der Waals surface area contributed by atoms with Crippen molar-refractivity contribution in [2.75, 3.05) is 13.1 Å². The Bertz CT molecular complexity index is 226. The van der Waals surface area contributed by atoms with Gasteiger partial charge in [0.2, 0.25) is 5.91 Å². The van der Waals surface area contributed by atoms with E-state index in [1.807, 2.05) is 0 Å². The van der Waals surface area contributed by atoms with Gasteiger partial charge in [-0.25, -0.2) is 0 Å². The van der Waals surface area contributed by atoms with Crippen LogP contribution in [0, 0.1) is 5.92 Å². The van der Waals surface area contributed by atoms with E-state index in [4.69, 9.17) is 0 Å². The smallest absolute Gasteiger partial charge is 0.225 e. The lowest BCUT2D eigenvalue weighted by molar-refractivity contribution is -0.137. The largest absolute Gasteiger partial charge is 0.341 e. The summed E-state index contributed by atoms with van der Waals surface area (Å²) in [6.45, 7) is 1.84. The van der Waals surface area contributed by atoms with E-state index in [9.17, 15) is 4.79 Å². The molecule has 0 spiro atoms. The number of thiol groups is 1. The molecule has 0 aromatic heterocycles. The molecule has 0 radical (unpaired) electrons. The summed E-state index contributed by atoms with van der Waals surface area (Å²) in [5, 5.41) is 0.409. The fourth-order valence-electron chi connectivity index (χ4n) is 2.76. The van der Waals surface area contributed by atoms with E-state index in [1.54, 1.807) is 0 Å². The van der Waals surface area contributed by atoms with Gasteiger partial charge in [0.05, 0.1) is 0 Å². The van der Waals surface area contributed by atoms with Crippen LogP contribution < -0.4 is 0 Å². The standard InChI is InChI=1S/C12H21NOS/c14-12(10-5-2-1-3-6-10)13-8-4-7-11(15)9-13/h10-11,15H,1-9H2. The molecule has 0 N–H and O–H groups in total. The van der Waals surface area contributed by atoms with E-state index in [-0.39, 0.29) is 0 Å². The van der Waals surface area contributed by atoms with E-state index in [0.29, 0.717) is 17.1 Å². The molecule has 2 aliphatic rings. The predicted molar refractivity (Wildman–Crippen MR) is 65.2 cm³/mol.